The molecule has 3 unspecified atom stereocenters. The molecule has 0 amide bonds. The van der Waals surface area contributed by atoms with Gasteiger partial charge in [0.25, 0.3) is 0 Å². The van der Waals surface area contributed by atoms with Crippen molar-refractivity contribution >= 4 is 5.97 Å². The number of ether oxygens (including phenoxy) is 2. The summed E-state index contributed by atoms with van der Waals surface area (Å²) in [6, 6.07) is 0. The minimum atomic E-state index is -0.110. The first-order chi connectivity index (χ1) is 11.0. The molecular weight excluding hydrogens is 338 g/mol. The van der Waals surface area contributed by atoms with E-state index in [1.165, 1.54) is 19.3 Å². The number of carbonyl (C=O) groups is 1. The molecule has 0 aromatic carbocycles. The molecule has 5 heteroatoms. The smallest absolute Gasteiger partial charge is 0.361 e. The van der Waals surface area contributed by atoms with Gasteiger partial charge in [-0.1, -0.05) is 34.6 Å². The maximum absolute atomic E-state index is 11.9. The summed E-state index contributed by atoms with van der Waals surface area (Å²) in [5, 5.41) is 0. The first kappa shape index (κ1) is 22.7. The summed E-state index contributed by atoms with van der Waals surface area (Å²) in [4.78, 5) is 11.9. The van der Waals surface area contributed by atoms with Gasteiger partial charge in [0.15, 0.2) is 6.54 Å². The van der Waals surface area contributed by atoms with Crippen molar-refractivity contribution in [2.45, 2.75) is 60.0 Å². The molecule has 2 rings (SSSR count). The van der Waals surface area contributed by atoms with Gasteiger partial charge in [0.05, 0.1) is 33.4 Å². The molecule has 2 aliphatic rings. The Morgan fingerprint density at radius 1 is 1.24 bits per heavy atom. The topological polar surface area (TPSA) is 35.5 Å². The Balaban J connectivity index is 0.00000312. The number of likely N-dealkylation sites (N-methyl/N-ethyl adjacent to an activating group) is 1. The van der Waals surface area contributed by atoms with Crippen LogP contribution >= 0.6 is 0 Å². The molecule has 25 heavy (non-hydrogen) atoms. The normalized spacial score (nSPS) is 30.4. The van der Waals surface area contributed by atoms with Gasteiger partial charge in [0, 0.05) is 0 Å². The summed E-state index contributed by atoms with van der Waals surface area (Å²) in [5.74, 6) is 1.08. The highest BCUT2D eigenvalue weighted by atomic mass is 35.5. The Labute approximate surface area is 160 Å². The molecule has 0 radical (unpaired) electrons. The van der Waals surface area contributed by atoms with E-state index in [9.17, 15) is 4.79 Å². The van der Waals surface area contributed by atoms with E-state index in [1.54, 1.807) is 0 Å². The number of halogens is 1. The molecule has 0 aromatic heterocycles. The van der Waals surface area contributed by atoms with E-state index < -0.39 is 0 Å². The van der Waals surface area contributed by atoms with Gasteiger partial charge in [0.2, 0.25) is 0 Å². The first-order valence-electron chi connectivity index (χ1n) is 9.57. The molecule has 2 saturated carbocycles. The summed E-state index contributed by atoms with van der Waals surface area (Å²) in [6.07, 6.45) is 4.22. The van der Waals surface area contributed by atoms with Gasteiger partial charge < -0.3 is 26.4 Å². The summed E-state index contributed by atoms with van der Waals surface area (Å²) in [5.41, 5.74) is 0.702. The number of fused-ring (bicyclic) bond motifs is 2. The SMILES string of the molecule is CC(C)COC(=O)C[N+](C)(C)CCOC1CC2CCC1(C)C2(C)C.[Cl-]. The zero-order chi connectivity index (χ0) is 18.2. The largest absolute Gasteiger partial charge is 1.00 e. The lowest BCUT2D eigenvalue weighted by atomic mass is 9.70. The van der Waals surface area contributed by atoms with E-state index in [2.05, 4.69) is 48.7 Å². The standard InChI is InChI=1S/C20H38NO3.ClH/c1-15(2)14-24-18(22)13-21(6,7)10-11-23-17-12-16-8-9-20(17,5)19(16,3)4;/h15-17H,8-14H2,1-7H3;1H/q+1;/p-1. The number of carbonyl (C=O) groups excluding carboxylic acids is 1. The number of hydrogen-bond acceptors (Lipinski definition) is 3. The zero-order valence-electron chi connectivity index (χ0n) is 17.2. The fourth-order valence-electron chi connectivity index (χ4n) is 4.56. The summed E-state index contributed by atoms with van der Waals surface area (Å²) < 4.78 is 12.2. The van der Waals surface area contributed by atoms with Crippen LogP contribution in [0.15, 0.2) is 0 Å². The number of hydrogen-bond donors (Lipinski definition) is 0. The van der Waals surface area contributed by atoms with E-state index in [0.29, 0.717) is 47.1 Å². The maximum Gasteiger partial charge on any atom is 0.361 e. The fourth-order valence-corrected chi connectivity index (χ4v) is 4.56. The van der Waals surface area contributed by atoms with Gasteiger partial charge in [-0.05, 0) is 41.9 Å². The Morgan fingerprint density at radius 2 is 1.88 bits per heavy atom. The van der Waals surface area contributed by atoms with Crippen LogP contribution in [0.2, 0.25) is 0 Å². The number of nitrogens with zero attached hydrogens (tertiary/aromatic N) is 1. The lowest BCUT2D eigenvalue weighted by molar-refractivity contribution is -0.883. The molecule has 3 atom stereocenters. The molecule has 0 aromatic rings. The quantitative estimate of drug-likeness (QED) is 0.458. The van der Waals surface area contributed by atoms with Crippen molar-refractivity contribution < 1.29 is 31.2 Å². The second-order valence-electron chi connectivity index (χ2n) is 9.86. The molecule has 2 aliphatic carbocycles. The second-order valence-corrected chi connectivity index (χ2v) is 9.86. The highest BCUT2D eigenvalue weighted by Gasteiger charge is 2.61. The monoisotopic (exact) mass is 375 g/mol. The van der Waals surface area contributed by atoms with E-state index in [4.69, 9.17) is 9.47 Å². The second kappa shape index (κ2) is 8.14. The number of quaternary nitrogens is 1. The van der Waals surface area contributed by atoms with Crippen LogP contribution in [-0.2, 0) is 14.3 Å². The Morgan fingerprint density at radius 3 is 2.36 bits per heavy atom. The molecule has 148 valence electrons. The predicted octanol–water partition coefficient (Wildman–Crippen LogP) is 0.497. The van der Waals surface area contributed by atoms with Crippen molar-refractivity contribution in [3.8, 4) is 0 Å². The molecule has 2 fully saturated rings. The fraction of sp³-hybridized carbons (Fsp3) is 0.950. The molecule has 0 N–H and O–H groups in total. The Hall–Kier alpha value is -0.320. The summed E-state index contributed by atoms with van der Waals surface area (Å²) in [6.45, 7) is 13.8. The van der Waals surface area contributed by atoms with Crippen LogP contribution in [0.1, 0.15) is 53.9 Å². The van der Waals surface area contributed by atoms with Crippen LogP contribution in [0.25, 0.3) is 0 Å². The van der Waals surface area contributed by atoms with Gasteiger partial charge in [-0.3, -0.25) is 0 Å². The van der Waals surface area contributed by atoms with Crippen molar-refractivity contribution in [2.75, 3.05) is 40.4 Å². The Bertz CT molecular complexity index is 464. The van der Waals surface area contributed by atoms with Crippen LogP contribution in [0.3, 0.4) is 0 Å². The maximum atomic E-state index is 11.9. The van der Waals surface area contributed by atoms with Crippen molar-refractivity contribution in [3.05, 3.63) is 0 Å². The minimum Gasteiger partial charge on any atom is -1.00 e. The number of rotatable bonds is 8. The Kier molecular flexibility index (Phi) is 7.40. The van der Waals surface area contributed by atoms with Crippen molar-refractivity contribution in [2.24, 2.45) is 22.7 Å². The van der Waals surface area contributed by atoms with Crippen molar-refractivity contribution in [3.63, 3.8) is 0 Å². The van der Waals surface area contributed by atoms with E-state index in [0.717, 1.165) is 12.5 Å². The third kappa shape index (κ3) is 4.90. The third-order valence-corrected chi connectivity index (χ3v) is 6.86. The van der Waals surface area contributed by atoms with Crippen molar-refractivity contribution in [1.82, 2.24) is 0 Å². The van der Waals surface area contributed by atoms with Gasteiger partial charge in [-0.2, -0.15) is 0 Å². The molecule has 2 bridgehead atoms. The van der Waals surface area contributed by atoms with Crippen molar-refractivity contribution in [1.29, 1.82) is 0 Å². The first-order valence-corrected chi connectivity index (χ1v) is 9.57. The molecule has 0 aliphatic heterocycles. The third-order valence-electron chi connectivity index (χ3n) is 6.86. The van der Waals surface area contributed by atoms with E-state index >= 15 is 0 Å². The van der Waals surface area contributed by atoms with Crippen LogP contribution < -0.4 is 12.4 Å². The molecule has 0 spiro atoms. The number of esters is 1. The van der Waals surface area contributed by atoms with Gasteiger partial charge in [0.1, 0.15) is 6.54 Å². The lowest BCUT2D eigenvalue weighted by Gasteiger charge is -2.39. The average Bonchev–Trinajstić information content (AvgIpc) is 2.77. The summed E-state index contributed by atoms with van der Waals surface area (Å²) in [7, 11) is 4.15. The average molecular weight is 376 g/mol. The summed E-state index contributed by atoms with van der Waals surface area (Å²) >= 11 is 0. The van der Waals surface area contributed by atoms with E-state index in [-0.39, 0.29) is 18.4 Å². The van der Waals surface area contributed by atoms with Crippen LogP contribution in [0, 0.1) is 22.7 Å². The molecule has 4 nitrogen and oxygen atoms in total. The minimum absolute atomic E-state index is 0. The van der Waals surface area contributed by atoms with Gasteiger partial charge >= 0.3 is 5.97 Å². The van der Waals surface area contributed by atoms with Gasteiger partial charge in [-0.25, -0.2) is 4.79 Å². The highest BCUT2D eigenvalue weighted by Crippen LogP contribution is 2.66. The highest BCUT2D eigenvalue weighted by molar-refractivity contribution is 5.70. The molecular formula is C20H38ClNO3. The zero-order valence-corrected chi connectivity index (χ0v) is 18.0. The van der Waals surface area contributed by atoms with Crippen LogP contribution in [0.5, 0.6) is 0 Å². The van der Waals surface area contributed by atoms with Gasteiger partial charge in [-0.15, -0.1) is 0 Å². The predicted molar refractivity (Wildman–Crippen MR) is 96.6 cm³/mol. The molecule has 0 saturated heterocycles. The lowest BCUT2D eigenvalue weighted by Crippen LogP contribution is -3.00. The van der Waals surface area contributed by atoms with Crippen LogP contribution in [-0.4, -0.2) is 57.0 Å². The van der Waals surface area contributed by atoms with Crippen LogP contribution in [0.4, 0.5) is 0 Å². The van der Waals surface area contributed by atoms with E-state index in [1.807, 2.05) is 0 Å². The molecule has 0 heterocycles.